The summed E-state index contributed by atoms with van der Waals surface area (Å²) < 4.78 is 4.81. The Balaban J connectivity index is 2.61. The minimum atomic E-state index is -0.114. The maximum atomic E-state index is 2.44. The van der Waals surface area contributed by atoms with E-state index in [0.717, 1.165) is 0 Å². The van der Waals surface area contributed by atoms with Crippen molar-refractivity contribution in [1.29, 1.82) is 0 Å². The zero-order chi connectivity index (χ0) is 3.54. The molecule has 0 aromatic rings. The van der Waals surface area contributed by atoms with E-state index in [4.69, 9.17) is 0 Å². The first-order valence-electron chi connectivity index (χ1n) is 1.82. The van der Waals surface area contributed by atoms with Crippen LogP contribution in [0.3, 0.4) is 0 Å². The van der Waals surface area contributed by atoms with Crippen molar-refractivity contribution in [3.05, 3.63) is 9.91 Å². The fraction of sp³-hybridized carbons (Fsp3) is 0.250. The molecule has 0 bridgehead atoms. The predicted molar refractivity (Wildman–Crippen MR) is 25.6 cm³/mol. The van der Waals surface area contributed by atoms with E-state index in [1.165, 1.54) is 6.42 Å². The van der Waals surface area contributed by atoms with Crippen LogP contribution in [0, 0.1) is 0 Å². The van der Waals surface area contributed by atoms with E-state index in [-0.39, 0.29) is 22.4 Å². The van der Waals surface area contributed by atoms with Crippen LogP contribution in [0.15, 0.2) is 9.91 Å². The van der Waals surface area contributed by atoms with Crippen molar-refractivity contribution in [1.82, 2.24) is 0 Å². The SMILES string of the molecule is C1=[CH][In]=[CH]C1. The molecule has 0 radical (unpaired) electrons. The van der Waals surface area contributed by atoms with Gasteiger partial charge in [0.2, 0.25) is 0 Å². The monoisotopic (exact) mass is 168 g/mol. The third-order valence-corrected chi connectivity index (χ3v) is 3.62. The van der Waals surface area contributed by atoms with Gasteiger partial charge in [-0.25, -0.2) is 0 Å². The summed E-state index contributed by atoms with van der Waals surface area (Å²) in [5.41, 5.74) is 0. The second-order valence-corrected chi connectivity index (χ2v) is 4.63. The molecule has 0 saturated carbocycles. The van der Waals surface area contributed by atoms with Gasteiger partial charge in [0.15, 0.2) is 0 Å². The van der Waals surface area contributed by atoms with Crippen LogP contribution >= 0.6 is 0 Å². The zero-order valence-electron chi connectivity index (χ0n) is 3.02. The first-order chi connectivity index (χ1) is 2.50. The number of allylic oxidation sites excluding steroid dienone is 1. The molecule has 1 aliphatic heterocycles. The van der Waals surface area contributed by atoms with Crippen molar-refractivity contribution in [2.45, 2.75) is 6.42 Å². The first-order valence-corrected chi connectivity index (χ1v) is 5.62. The van der Waals surface area contributed by atoms with Crippen molar-refractivity contribution in [3.63, 3.8) is 0 Å². The van der Waals surface area contributed by atoms with Crippen LogP contribution in [0.25, 0.3) is 0 Å². The molecule has 1 heteroatoms. The molecule has 0 amide bonds. The fourth-order valence-electron chi connectivity index (χ4n) is 0.393. The topological polar surface area (TPSA) is 0 Å². The summed E-state index contributed by atoms with van der Waals surface area (Å²) in [4.78, 5) is 0. The summed E-state index contributed by atoms with van der Waals surface area (Å²) in [6.45, 7) is 0. The maximum absolute atomic E-state index is 2.44. The first kappa shape index (κ1) is 3.66. The molecular formula is C4H5In. The summed E-state index contributed by atoms with van der Waals surface area (Å²) in [5.74, 6) is 0. The summed E-state index contributed by atoms with van der Waals surface area (Å²) >= 11 is -0.114. The van der Waals surface area contributed by atoms with Gasteiger partial charge < -0.3 is 0 Å². The van der Waals surface area contributed by atoms with Gasteiger partial charge in [-0.05, 0) is 0 Å². The third-order valence-electron chi connectivity index (χ3n) is 0.655. The van der Waals surface area contributed by atoms with Gasteiger partial charge in [-0.15, -0.1) is 0 Å². The van der Waals surface area contributed by atoms with Crippen molar-refractivity contribution in [2.24, 2.45) is 0 Å². The molecule has 0 saturated heterocycles. The van der Waals surface area contributed by atoms with Gasteiger partial charge in [-0.2, -0.15) is 0 Å². The number of hydrogen-bond donors (Lipinski definition) is 0. The molecule has 0 N–H and O–H groups in total. The molecule has 24 valence electrons. The minimum absolute atomic E-state index is 0.114. The Kier molecular flexibility index (Phi) is 1.32. The standard InChI is InChI=1S/C4H5.In/c1-3-4-2;/h1-3H,4H2;. The Morgan fingerprint density at radius 1 is 1.60 bits per heavy atom. The summed E-state index contributed by atoms with van der Waals surface area (Å²) in [6.07, 6.45) is 3.54. The van der Waals surface area contributed by atoms with E-state index in [1.54, 1.807) is 0 Å². The normalized spacial score (nSPS) is 16.0. The summed E-state index contributed by atoms with van der Waals surface area (Å²) in [5, 5.41) is 0. The van der Waals surface area contributed by atoms with Gasteiger partial charge in [0, 0.05) is 0 Å². The van der Waals surface area contributed by atoms with Gasteiger partial charge in [0.25, 0.3) is 0 Å². The van der Waals surface area contributed by atoms with Crippen molar-refractivity contribution in [3.8, 4) is 0 Å². The predicted octanol–water partition coefficient (Wildman–Crippen LogP) is 0.410. The zero-order valence-corrected chi connectivity index (χ0v) is 6.31. The molecule has 0 aromatic heterocycles. The Hall–Kier alpha value is 0.480. The molecule has 0 nitrogen and oxygen atoms in total. The van der Waals surface area contributed by atoms with E-state index < -0.39 is 0 Å². The van der Waals surface area contributed by atoms with E-state index in [0.29, 0.717) is 0 Å². The molecular weight excluding hydrogens is 163 g/mol. The number of rotatable bonds is 0. The van der Waals surface area contributed by atoms with Crippen LogP contribution in [0.1, 0.15) is 6.42 Å². The van der Waals surface area contributed by atoms with E-state index in [2.05, 4.69) is 13.7 Å². The molecule has 0 aromatic carbocycles. The van der Waals surface area contributed by atoms with Crippen molar-refractivity contribution >= 4 is 26.2 Å². The molecule has 5 heavy (non-hydrogen) atoms. The Labute approximate surface area is 42.7 Å². The summed E-state index contributed by atoms with van der Waals surface area (Å²) in [7, 11) is 0. The molecule has 0 unspecified atom stereocenters. The molecule has 0 atom stereocenters. The molecule has 1 aliphatic rings. The number of hydrogen-bond acceptors (Lipinski definition) is 0. The molecule has 0 aliphatic carbocycles. The van der Waals surface area contributed by atoms with E-state index >= 15 is 0 Å². The van der Waals surface area contributed by atoms with E-state index in [1.807, 2.05) is 0 Å². The second-order valence-electron chi connectivity index (χ2n) is 1.09. The quantitative estimate of drug-likeness (QED) is 0.491. The van der Waals surface area contributed by atoms with E-state index in [9.17, 15) is 0 Å². The van der Waals surface area contributed by atoms with Crippen LogP contribution < -0.4 is 0 Å². The van der Waals surface area contributed by atoms with Crippen molar-refractivity contribution in [2.75, 3.05) is 0 Å². The second kappa shape index (κ2) is 1.81. The van der Waals surface area contributed by atoms with Crippen LogP contribution in [0.4, 0.5) is 0 Å². The molecule has 0 spiro atoms. The third kappa shape index (κ3) is 0.918. The van der Waals surface area contributed by atoms with Crippen LogP contribution in [-0.4, -0.2) is 26.2 Å². The Morgan fingerprint density at radius 2 is 2.60 bits per heavy atom. The van der Waals surface area contributed by atoms with Crippen LogP contribution in [0.5, 0.6) is 0 Å². The Morgan fingerprint density at radius 3 is 2.80 bits per heavy atom. The molecule has 1 heterocycles. The van der Waals surface area contributed by atoms with Gasteiger partial charge in [0.05, 0.1) is 0 Å². The Bertz CT molecular complexity index is 61.7. The van der Waals surface area contributed by atoms with Gasteiger partial charge in [0.1, 0.15) is 0 Å². The molecule has 0 fully saturated rings. The fourth-order valence-corrected chi connectivity index (χ4v) is 2.64. The summed E-state index contributed by atoms with van der Waals surface area (Å²) in [6, 6.07) is 0. The average Bonchev–Trinajstić information content (AvgIpc) is 1.76. The van der Waals surface area contributed by atoms with Gasteiger partial charge >= 0.3 is 42.5 Å². The van der Waals surface area contributed by atoms with Crippen LogP contribution in [-0.2, 0) is 0 Å². The average molecular weight is 168 g/mol. The van der Waals surface area contributed by atoms with Crippen molar-refractivity contribution < 1.29 is 0 Å². The van der Waals surface area contributed by atoms with Gasteiger partial charge in [-0.3, -0.25) is 0 Å². The van der Waals surface area contributed by atoms with Crippen LogP contribution in [0.2, 0.25) is 0 Å². The van der Waals surface area contributed by atoms with Gasteiger partial charge in [-0.1, -0.05) is 0 Å². The molecule has 1 rings (SSSR count).